The molecule has 2 heterocycles. The fraction of sp³-hybridized carbons (Fsp3) is 0.0769. The molecule has 0 saturated carbocycles. The van der Waals surface area contributed by atoms with Crippen molar-refractivity contribution in [2.45, 2.75) is 6.54 Å². The summed E-state index contributed by atoms with van der Waals surface area (Å²) in [6, 6.07) is 5.34. The molecule has 0 fully saturated rings. The third-order valence-corrected chi connectivity index (χ3v) is 5.32. The lowest BCUT2D eigenvalue weighted by Gasteiger charge is -2.01. The number of carbonyl (C=O) groups excluding carboxylic acids is 1. The summed E-state index contributed by atoms with van der Waals surface area (Å²) in [5.74, 6) is -1.17. The van der Waals surface area contributed by atoms with E-state index in [9.17, 15) is 9.59 Å². The molecule has 0 saturated heterocycles. The number of aliphatic carboxylic acids is 1. The van der Waals surface area contributed by atoms with E-state index >= 15 is 0 Å². The molecule has 7 heteroatoms. The Hall–Kier alpha value is -1.44. The molecule has 0 radical (unpaired) electrons. The molecule has 0 unspecified atom stereocenters. The van der Waals surface area contributed by atoms with E-state index in [1.165, 1.54) is 17.4 Å². The number of amides is 1. The maximum absolute atomic E-state index is 12.0. The van der Waals surface area contributed by atoms with Crippen molar-refractivity contribution >= 4 is 56.6 Å². The summed E-state index contributed by atoms with van der Waals surface area (Å²) < 4.78 is 0.985. The first kappa shape index (κ1) is 15.0. The number of rotatable bonds is 5. The Morgan fingerprint density at radius 1 is 1.35 bits per heavy atom. The second-order valence-corrected chi connectivity index (χ2v) is 6.72. The lowest BCUT2D eigenvalue weighted by Crippen LogP contribution is -2.21. The van der Waals surface area contributed by atoms with Crippen LogP contribution in [0.15, 0.2) is 34.1 Å². The van der Waals surface area contributed by atoms with E-state index in [2.05, 4.69) is 21.2 Å². The van der Waals surface area contributed by atoms with Gasteiger partial charge in [0, 0.05) is 20.3 Å². The van der Waals surface area contributed by atoms with Gasteiger partial charge in [0.1, 0.15) is 0 Å². The topological polar surface area (TPSA) is 66.4 Å². The van der Waals surface area contributed by atoms with Gasteiger partial charge in [0.25, 0.3) is 5.91 Å². The minimum atomic E-state index is -1.01. The SMILES string of the molecule is O=C(O)/C=C/c1ccc(C(=O)NCc2sccc2Br)s1. The Kier molecular flexibility index (Phi) is 5.11. The van der Waals surface area contributed by atoms with Crippen molar-refractivity contribution in [1.29, 1.82) is 0 Å². The summed E-state index contributed by atoms with van der Waals surface area (Å²) in [4.78, 5) is 24.7. The van der Waals surface area contributed by atoms with E-state index < -0.39 is 5.97 Å². The molecule has 0 aromatic carbocycles. The molecule has 2 aromatic heterocycles. The highest BCUT2D eigenvalue weighted by Crippen LogP contribution is 2.23. The molecule has 0 aliphatic heterocycles. The summed E-state index contributed by atoms with van der Waals surface area (Å²) >= 11 is 6.23. The van der Waals surface area contributed by atoms with Gasteiger partial charge in [-0.15, -0.1) is 22.7 Å². The van der Waals surface area contributed by atoms with Gasteiger partial charge in [0.15, 0.2) is 0 Å². The average Bonchev–Trinajstić information content (AvgIpc) is 3.02. The van der Waals surface area contributed by atoms with Crippen LogP contribution >= 0.6 is 38.6 Å². The summed E-state index contributed by atoms with van der Waals surface area (Å²) in [6.45, 7) is 0.468. The first-order chi connectivity index (χ1) is 9.56. The van der Waals surface area contributed by atoms with Crippen LogP contribution in [-0.2, 0) is 11.3 Å². The zero-order valence-corrected chi connectivity index (χ0v) is 13.3. The van der Waals surface area contributed by atoms with Crippen LogP contribution in [0.5, 0.6) is 0 Å². The molecule has 2 aromatic rings. The molecule has 0 bridgehead atoms. The van der Waals surface area contributed by atoms with Gasteiger partial charge in [-0.1, -0.05) is 0 Å². The van der Waals surface area contributed by atoms with Crippen LogP contribution in [0.3, 0.4) is 0 Å². The molecule has 104 valence electrons. The maximum Gasteiger partial charge on any atom is 0.328 e. The van der Waals surface area contributed by atoms with Crippen LogP contribution in [0.2, 0.25) is 0 Å². The fourth-order valence-electron chi connectivity index (χ4n) is 1.42. The van der Waals surface area contributed by atoms with Gasteiger partial charge >= 0.3 is 5.97 Å². The Morgan fingerprint density at radius 3 is 2.80 bits per heavy atom. The summed E-state index contributed by atoms with van der Waals surface area (Å²) in [6.07, 6.45) is 2.52. The van der Waals surface area contributed by atoms with Crippen LogP contribution < -0.4 is 5.32 Å². The van der Waals surface area contributed by atoms with Gasteiger partial charge in [-0.2, -0.15) is 0 Å². The van der Waals surface area contributed by atoms with Crippen LogP contribution in [0.1, 0.15) is 19.4 Å². The van der Waals surface area contributed by atoms with Crippen molar-refractivity contribution in [1.82, 2.24) is 5.32 Å². The Morgan fingerprint density at radius 2 is 2.15 bits per heavy atom. The van der Waals surface area contributed by atoms with Crippen molar-refractivity contribution in [3.8, 4) is 0 Å². The van der Waals surface area contributed by atoms with E-state index in [-0.39, 0.29) is 5.91 Å². The fourth-order valence-corrected chi connectivity index (χ4v) is 3.68. The second kappa shape index (κ2) is 6.83. The Bertz CT molecular complexity index is 660. The predicted octanol–water partition coefficient (Wildman–Crippen LogP) is 3.60. The first-order valence-corrected chi connectivity index (χ1v) is 8.06. The van der Waals surface area contributed by atoms with Crippen molar-refractivity contribution < 1.29 is 14.7 Å². The number of thiophene rings is 2. The van der Waals surface area contributed by atoms with E-state index in [0.29, 0.717) is 11.4 Å². The Balaban J connectivity index is 1.96. The molecule has 1 amide bonds. The number of hydrogen-bond donors (Lipinski definition) is 2. The molecule has 0 atom stereocenters. The van der Waals surface area contributed by atoms with E-state index in [4.69, 9.17) is 5.11 Å². The first-order valence-electron chi connectivity index (χ1n) is 5.57. The minimum Gasteiger partial charge on any atom is -0.478 e. The quantitative estimate of drug-likeness (QED) is 0.789. The molecular formula is C13H10BrNO3S2. The number of carboxylic acids is 1. The van der Waals surface area contributed by atoms with Crippen LogP contribution in [0, 0.1) is 0 Å². The molecule has 0 aliphatic rings. The van der Waals surface area contributed by atoms with Crippen molar-refractivity contribution in [2.75, 3.05) is 0 Å². The highest BCUT2D eigenvalue weighted by atomic mass is 79.9. The van der Waals surface area contributed by atoms with E-state index in [0.717, 1.165) is 20.3 Å². The van der Waals surface area contributed by atoms with Gasteiger partial charge in [-0.25, -0.2) is 4.79 Å². The normalized spacial score (nSPS) is 10.8. The number of carboxylic acid groups (broad SMARTS) is 1. The largest absolute Gasteiger partial charge is 0.478 e. The molecule has 2 N–H and O–H groups in total. The lowest BCUT2D eigenvalue weighted by molar-refractivity contribution is -0.131. The lowest BCUT2D eigenvalue weighted by atomic mass is 10.3. The van der Waals surface area contributed by atoms with Crippen molar-refractivity contribution in [3.05, 3.63) is 48.8 Å². The van der Waals surface area contributed by atoms with Gasteiger partial charge in [0.05, 0.1) is 11.4 Å². The van der Waals surface area contributed by atoms with Crippen molar-refractivity contribution in [2.24, 2.45) is 0 Å². The third kappa shape index (κ3) is 4.03. The maximum atomic E-state index is 12.0. The van der Waals surface area contributed by atoms with Gasteiger partial charge in [0.2, 0.25) is 0 Å². The minimum absolute atomic E-state index is 0.162. The second-order valence-electron chi connectivity index (χ2n) is 3.75. The summed E-state index contributed by atoms with van der Waals surface area (Å²) in [7, 11) is 0. The van der Waals surface area contributed by atoms with Gasteiger partial charge < -0.3 is 10.4 Å². The molecule has 2 rings (SSSR count). The molecule has 0 spiro atoms. The van der Waals surface area contributed by atoms with Gasteiger partial charge in [-0.05, 0) is 45.6 Å². The predicted molar refractivity (Wildman–Crippen MR) is 84.2 cm³/mol. The Labute approximate surface area is 131 Å². The van der Waals surface area contributed by atoms with E-state index in [1.54, 1.807) is 23.5 Å². The van der Waals surface area contributed by atoms with Crippen LogP contribution in [0.4, 0.5) is 0 Å². The number of halogens is 1. The van der Waals surface area contributed by atoms with Crippen molar-refractivity contribution in [3.63, 3.8) is 0 Å². The highest BCUT2D eigenvalue weighted by molar-refractivity contribution is 9.10. The number of nitrogens with one attached hydrogen (secondary N) is 1. The smallest absolute Gasteiger partial charge is 0.328 e. The van der Waals surface area contributed by atoms with Crippen LogP contribution in [0.25, 0.3) is 6.08 Å². The molecular weight excluding hydrogens is 362 g/mol. The number of carbonyl (C=O) groups is 2. The van der Waals surface area contributed by atoms with Crippen LogP contribution in [-0.4, -0.2) is 17.0 Å². The highest BCUT2D eigenvalue weighted by Gasteiger charge is 2.09. The van der Waals surface area contributed by atoms with E-state index in [1.807, 2.05) is 11.4 Å². The zero-order valence-electron chi connectivity index (χ0n) is 10.1. The zero-order chi connectivity index (χ0) is 14.5. The molecule has 0 aliphatic carbocycles. The number of hydrogen-bond acceptors (Lipinski definition) is 4. The third-order valence-electron chi connectivity index (χ3n) is 2.34. The molecule has 20 heavy (non-hydrogen) atoms. The molecule has 4 nitrogen and oxygen atoms in total. The average molecular weight is 372 g/mol. The van der Waals surface area contributed by atoms with Gasteiger partial charge in [-0.3, -0.25) is 4.79 Å². The monoisotopic (exact) mass is 371 g/mol. The summed E-state index contributed by atoms with van der Waals surface area (Å²) in [5.41, 5.74) is 0. The summed E-state index contributed by atoms with van der Waals surface area (Å²) in [5, 5.41) is 13.3. The standard InChI is InChI=1S/C13H10BrNO3S2/c14-9-5-6-19-11(9)7-15-13(18)10-3-1-8(20-10)2-4-12(16)17/h1-6H,7H2,(H,15,18)(H,16,17)/b4-2+.